The predicted molar refractivity (Wildman–Crippen MR) is 83.1 cm³/mol. The van der Waals surface area contributed by atoms with Gasteiger partial charge in [0.2, 0.25) is 0 Å². The second-order valence-corrected chi connectivity index (χ2v) is 6.09. The molecule has 0 aliphatic rings. The van der Waals surface area contributed by atoms with Crippen LogP contribution in [0, 0.1) is 9.49 Å². The molecule has 0 amide bonds. The Morgan fingerprint density at radius 1 is 1.44 bits per heavy atom. The number of ether oxygens (including phenoxy) is 1. The first-order valence-electron chi connectivity index (χ1n) is 5.78. The summed E-state index contributed by atoms with van der Waals surface area (Å²) in [7, 11) is 0. The normalized spacial score (nSPS) is 12.3. The molecule has 0 bridgehead atoms. The van der Waals surface area contributed by atoms with Crippen LogP contribution in [0.3, 0.4) is 0 Å². The fourth-order valence-corrected chi connectivity index (χ4v) is 1.78. The van der Waals surface area contributed by atoms with Crippen molar-refractivity contribution in [2.75, 3.05) is 11.9 Å². The van der Waals surface area contributed by atoms with Crippen LogP contribution in [0.15, 0.2) is 18.2 Å². The molecular weight excluding hydrogens is 365 g/mol. The smallest absolute Gasteiger partial charge is 0.328 e. The molecule has 1 aromatic rings. The number of carbonyl (C=O) groups is 1. The van der Waals surface area contributed by atoms with Crippen molar-refractivity contribution in [3.8, 4) is 0 Å². The lowest BCUT2D eigenvalue weighted by Gasteiger charge is -2.15. The summed E-state index contributed by atoms with van der Waals surface area (Å²) in [6.45, 7) is 6.22. The van der Waals surface area contributed by atoms with Gasteiger partial charge in [-0.3, -0.25) is 0 Å². The molecule has 100 valence electrons. The van der Waals surface area contributed by atoms with E-state index in [2.05, 4.69) is 27.9 Å². The zero-order valence-corrected chi connectivity index (χ0v) is 13.6. The average Bonchev–Trinajstić information content (AvgIpc) is 2.30. The number of nitrogens with one attached hydrogen (secondary N) is 1. The van der Waals surface area contributed by atoms with Crippen LogP contribution in [-0.2, 0) is 9.53 Å². The second kappa shape index (κ2) is 7.19. The van der Waals surface area contributed by atoms with Gasteiger partial charge in [0.25, 0.3) is 0 Å². The van der Waals surface area contributed by atoms with E-state index >= 15 is 0 Å². The maximum atomic E-state index is 11.7. The van der Waals surface area contributed by atoms with E-state index in [1.165, 1.54) is 0 Å². The van der Waals surface area contributed by atoms with Crippen molar-refractivity contribution in [2.24, 2.45) is 5.92 Å². The van der Waals surface area contributed by atoms with Gasteiger partial charge in [0, 0.05) is 9.26 Å². The molecule has 1 rings (SSSR count). The molecule has 0 aliphatic heterocycles. The molecule has 0 fully saturated rings. The highest BCUT2D eigenvalue weighted by molar-refractivity contribution is 14.1. The quantitative estimate of drug-likeness (QED) is 0.620. The van der Waals surface area contributed by atoms with Gasteiger partial charge in [-0.15, -0.1) is 0 Å². The Labute approximate surface area is 126 Å². The second-order valence-electron chi connectivity index (χ2n) is 4.52. The van der Waals surface area contributed by atoms with Gasteiger partial charge in [0.05, 0.1) is 11.6 Å². The maximum absolute atomic E-state index is 11.7. The van der Waals surface area contributed by atoms with E-state index in [1.54, 1.807) is 13.0 Å². The number of rotatable bonds is 5. The fourth-order valence-electron chi connectivity index (χ4n) is 1.27. The lowest BCUT2D eigenvalue weighted by molar-refractivity contribution is -0.145. The van der Waals surface area contributed by atoms with Crippen molar-refractivity contribution in [2.45, 2.75) is 26.8 Å². The zero-order chi connectivity index (χ0) is 13.7. The molecule has 1 atom stereocenters. The van der Waals surface area contributed by atoms with Gasteiger partial charge in [0.15, 0.2) is 0 Å². The highest BCUT2D eigenvalue weighted by Crippen LogP contribution is 2.22. The van der Waals surface area contributed by atoms with Crippen molar-refractivity contribution < 1.29 is 9.53 Å². The summed E-state index contributed by atoms with van der Waals surface area (Å²) < 4.78 is 6.14. The summed E-state index contributed by atoms with van der Waals surface area (Å²) in [5.41, 5.74) is 0.814. The number of anilines is 1. The Morgan fingerprint density at radius 2 is 2.11 bits per heavy atom. The minimum absolute atomic E-state index is 0.252. The number of benzene rings is 1. The summed E-state index contributed by atoms with van der Waals surface area (Å²) in [5.74, 6) is 0.0901. The van der Waals surface area contributed by atoms with Crippen LogP contribution in [0.4, 0.5) is 5.69 Å². The highest BCUT2D eigenvalue weighted by Gasteiger charge is 2.14. The van der Waals surface area contributed by atoms with E-state index in [1.807, 2.05) is 26.0 Å². The molecule has 5 heteroatoms. The molecule has 0 heterocycles. The van der Waals surface area contributed by atoms with E-state index in [9.17, 15) is 4.79 Å². The van der Waals surface area contributed by atoms with Crippen LogP contribution < -0.4 is 5.32 Å². The number of carbonyl (C=O) groups excluding carboxylic acids is 1. The standard InChI is InChI=1S/C13H17ClINO2/c1-8(2)7-18-13(17)9(3)16-10-4-5-12(15)11(14)6-10/h4-6,8-9,16H,7H2,1-3H3/t9-/m0/s1. The van der Waals surface area contributed by atoms with Gasteiger partial charge >= 0.3 is 5.97 Å². The molecule has 0 radical (unpaired) electrons. The average molecular weight is 382 g/mol. The summed E-state index contributed by atoms with van der Waals surface area (Å²) in [5, 5.41) is 3.74. The van der Waals surface area contributed by atoms with Crippen LogP contribution in [0.2, 0.25) is 5.02 Å². The van der Waals surface area contributed by atoms with Crippen LogP contribution in [0.1, 0.15) is 20.8 Å². The Bertz CT molecular complexity index is 423. The molecule has 1 N–H and O–H groups in total. The topological polar surface area (TPSA) is 38.3 Å². The fraction of sp³-hybridized carbons (Fsp3) is 0.462. The summed E-state index contributed by atoms with van der Waals surface area (Å²) in [4.78, 5) is 11.7. The van der Waals surface area contributed by atoms with Crippen LogP contribution in [0.5, 0.6) is 0 Å². The SMILES string of the molecule is CC(C)COC(=O)[C@H](C)Nc1ccc(I)c(Cl)c1. The summed E-state index contributed by atoms with van der Waals surface area (Å²) in [6.07, 6.45) is 0. The van der Waals surface area contributed by atoms with Crippen molar-refractivity contribution >= 4 is 45.8 Å². The van der Waals surface area contributed by atoms with Crippen molar-refractivity contribution in [3.05, 3.63) is 26.8 Å². The largest absolute Gasteiger partial charge is 0.464 e. The van der Waals surface area contributed by atoms with Crippen LogP contribution in [-0.4, -0.2) is 18.6 Å². The monoisotopic (exact) mass is 381 g/mol. The molecule has 0 saturated carbocycles. The Balaban J connectivity index is 2.55. The third kappa shape index (κ3) is 5.02. The molecule has 0 saturated heterocycles. The van der Waals surface area contributed by atoms with Gasteiger partial charge in [-0.05, 0) is 53.6 Å². The first-order chi connectivity index (χ1) is 8.40. The molecule has 0 aliphatic carbocycles. The molecule has 18 heavy (non-hydrogen) atoms. The molecule has 0 unspecified atom stereocenters. The molecular formula is C13H17ClINO2. The zero-order valence-electron chi connectivity index (χ0n) is 10.7. The molecule has 0 spiro atoms. The molecule has 1 aromatic carbocycles. The van der Waals surface area contributed by atoms with Crippen LogP contribution >= 0.6 is 34.2 Å². The van der Waals surface area contributed by atoms with Gasteiger partial charge in [-0.1, -0.05) is 25.4 Å². The molecule has 0 aromatic heterocycles. The van der Waals surface area contributed by atoms with E-state index in [0.29, 0.717) is 17.5 Å². The maximum Gasteiger partial charge on any atom is 0.328 e. The third-order valence-corrected chi connectivity index (χ3v) is 3.79. The lowest BCUT2D eigenvalue weighted by atomic mass is 10.2. The van der Waals surface area contributed by atoms with Crippen molar-refractivity contribution in [1.82, 2.24) is 0 Å². The Hall–Kier alpha value is -0.490. The first-order valence-corrected chi connectivity index (χ1v) is 7.24. The van der Waals surface area contributed by atoms with Gasteiger partial charge in [-0.2, -0.15) is 0 Å². The number of hydrogen-bond donors (Lipinski definition) is 1. The minimum atomic E-state index is -0.389. The lowest BCUT2D eigenvalue weighted by Crippen LogP contribution is -2.29. The predicted octanol–water partition coefficient (Wildman–Crippen LogP) is 3.94. The number of hydrogen-bond acceptors (Lipinski definition) is 3. The highest BCUT2D eigenvalue weighted by atomic mass is 127. The van der Waals surface area contributed by atoms with Gasteiger partial charge in [0.1, 0.15) is 6.04 Å². The Morgan fingerprint density at radius 3 is 2.67 bits per heavy atom. The summed E-state index contributed by atoms with van der Waals surface area (Å²) >= 11 is 8.17. The Kier molecular flexibility index (Phi) is 6.21. The molecule has 3 nitrogen and oxygen atoms in total. The van der Waals surface area contributed by atoms with Gasteiger partial charge < -0.3 is 10.1 Å². The van der Waals surface area contributed by atoms with E-state index in [-0.39, 0.29) is 12.0 Å². The van der Waals surface area contributed by atoms with E-state index < -0.39 is 0 Å². The third-order valence-electron chi connectivity index (χ3n) is 2.22. The summed E-state index contributed by atoms with van der Waals surface area (Å²) in [6, 6.07) is 5.20. The van der Waals surface area contributed by atoms with Crippen molar-refractivity contribution in [1.29, 1.82) is 0 Å². The minimum Gasteiger partial charge on any atom is -0.464 e. The van der Waals surface area contributed by atoms with Gasteiger partial charge in [-0.25, -0.2) is 4.79 Å². The van der Waals surface area contributed by atoms with E-state index in [4.69, 9.17) is 16.3 Å². The van der Waals surface area contributed by atoms with Crippen molar-refractivity contribution in [3.63, 3.8) is 0 Å². The first kappa shape index (κ1) is 15.6. The van der Waals surface area contributed by atoms with Crippen LogP contribution in [0.25, 0.3) is 0 Å². The number of esters is 1. The number of halogens is 2. The van der Waals surface area contributed by atoms with E-state index in [0.717, 1.165) is 9.26 Å².